The third-order valence-corrected chi connectivity index (χ3v) is 2.79. The lowest BCUT2D eigenvalue weighted by atomic mass is 10.0. The zero-order chi connectivity index (χ0) is 11.5. The molecule has 0 aliphatic rings. The first-order valence-electron chi connectivity index (χ1n) is 5.02. The molecule has 0 spiro atoms. The van der Waals surface area contributed by atoms with Crippen molar-refractivity contribution in [3.63, 3.8) is 0 Å². The van der Waals surface area contributed by atoms with Gasteiger partial charge in [0.15, 0.2) is 0 Å². The average molecular weight is 234 g/mol. The molecule has 0 amide bonds. The van der Waals surface area contributed by atoms with Crippen molar-refractivity contribution >= 4 is 11.6 Å². The van der Waals surface area contributed by atoms with Crippen LogP contribution >= 0.6 is 11.6 Å². The highest BCUT2D eigenvalue weighted by Gasteiger charge is 2.04. The van der Waals surface area contributed by atoms with E-state index in [1.165, 1.54) is 12.1 Å². The van der Waals surface area contributed by atoms with E-state index in [0.717, 1.165) is 16.7 Å². The summed E-state index contributed by atoms with van der Waals surface area (Å²) in [6.45, 7) is 1.88. The second kappa shape index (κ2) is 4.67. The smallest absolute Gasteiger partial charge is 0.123 e. The minimum atomic E-state index is -0.214. The fourth-order valence-electron chi connectivity index (χ4n) is 1.56. The molecule has 0 aromatic heterocycles. The van der Waals surface area contributed by atoms with Gasteiger partial charge in [-0.15, -0.1) is 0 Å². The van der Waals surface area contributed by atoms with Crippen LogP contribution < -0.4 is 0 Å². The number of hydrogen-bond donors (Lipinski definition) is 0. The Hall–Kier alpha value is -1.34. The summed E-state index contributed by atoms with van der Waals surface area (Å²) >= 11 is 6.05. The van der Waals surface area contributed by atoms with Crippen LogP contribution in [0.15, 0.2) is 42.5 Å². The van der Waals surface area contributed by atoms with Crippen LogP contribution in [0.5, 0.6) is 0 Å². The van der Waals surface area contributed by atoms with E-state index in [1.54, 1.807) is 6.07 Å². The molecule has 0 aliphatic heterocycles. The van der Waals surface area contributed by atoms with Gasteiger partial charge in [0.1, 0.15) is 5.82 Å². The molecule has 81 valence electrons. The van der Waals surface area contributed by atoms with Crippen LogP contribution in [-0.4, -0.2) is 0 Å². The molecule has 2 aromatic rings. The van der Waals surface area contributed by atoms with Gasteiger partial charge in [0.2, 0.25) is 0 Å². The molecule has 2 heteroatoms. The molecular weight excluding hydrogens is 223 g/mol. The van der Waals surface area contributed by atoms with Gasteiger partial charge in [0, 0.05) is 11.4 Å². The van der Waals surface area contributed by atoms with Gasteiger partial charge in [-0.2, -0.15) is 0 Å². The Morgan fingerprint density at radius 1 is 1.06 bits per heavy atom. The van der Waals surface area contributed by atoms with Gasteiger partial charge < -0.3 is 0 Å². The van der Waals surface area contributed by atoms with E-state index in [9.17, 15) is 4.39 Å². The van der Waals surface area contributed by atoms with E-state index < -0.39 is 0 Å². The fraction of sp³-hybridized carbons (Fsp3) is 0.0714. The van der Waals surface area contributed by atoms with Crippen LogP contribution in [0, 0.1) is 19.2 Å². The highest BCUT2D eigenvalue weighted by atomic mass is 35.5. The molecule has 0 aliphatic carbocycles. The maximum Gasteiger partial charge on any atom is 0.123 e. The van der Waals surface area contributed by atoms with Gasteiger partial charge in [0.05, 0.1) is 0 Å². The van der Waals surface area contributed by atoms with Crippen molar-refractivity contribution < 1.29 is 4.39 Å². The Morgan fingerprint density at radius 2 is 1.81 bits per heavy atom. The molecule has 0 saturated carbocycles. The van der Waals surface area contributed by atoms with Crippen molar-refractivity contribution in [3.05, 3.63) is 76.4 Å². The Labute approximate surface area is 99.7 Å². The number of halogens is 2. The van der Waals surface area contributed by atoms with Gasteiger partial charge >= 0.3 is 0 Å². The van der Waals surface area contributed by atoms with E-state index in [2.05, 4.69) is 0 Å². The molecule has 0 fully saturated rings. The number of rotatable bonds is 2. The van der Waals surface area contributed by atoms with E-state index in [4.69, 9.17) is 11.6 Å². The minimum Gasteiger partial charge on any atom is -0.207 e. The third kappa shape index (κ3) is 2.42. The lowest BCUT2D eigenvalue weighted by Gasteiger charge is -2.07. The highest BCUT2D eigenvalue weighted by Crippen LogP contribution is 2.22. The lowest BCUT2D eigenvalue weighted by Crippen LogP contribution is -1.91. The summed E-state index contributed by atoms with van der Waals surface area (Å²) in [6.07, 6.45) is 1.96. The predicted octanol–water partition coefficient (Wildman–Crippen LogP) is 4.39. The summed E-state index contributed by atoms with van der Waals surface area (Å²) in [5, 5.41) is 0.700. The standard InChI is InChI=1S/C14H11ClF/c1-10-8-13(16)7-6-11(10)9-12-4-2-3-5-14(12)15/h2-9H,1H3. The maximum absolute atomic E-state index is 12.9. The van der Waals surface area contributed by atoms with Gasteiger partial charge in [-0.25, -0.2) is 4.39 Å². The third-order valence-electron chi connectivity index (χ3n) is 2.45. The first-order valence-corrected chi connectivity index (χ1v) is 5.40. The minimum absolute atomic E-state index is 0.214. The second-order valence-electron chi connectivity index (χ2n) is 3.67. The molecule has 0 unspecified atom stereocenters. The first kappa shape index (κ1) is 11.2. The molecule has 16 heavy (non-hydrogen) atoms. The summed E-state index contributed by atoms with van der Waals surface area (Å²) in [4.78, 5) is 0. The summed E-state index contributed by atoms with van der Waals surface area (Å²) < 4.78 is 12.9. The molecule has 0 atom stereocenters. The van der Waals surface area contributed by atoms with Gasteiger partial charge in [-0.05, 0) is 41.8 Å². The van der Waals surface area contributed by atoms with Crippen molar-refractivity contribution in [1.29, 1.82) is 0 Å². The fourth-order valence-corrected chi connectivity index (χ4v) is 1.75. The van der Waals surface area contributed by atoms with Crippen molar-refractivity contribution in [1.82, 2.24) is 0 Å². The largest absolute Gasteiger partial charge is 0.207 e. The summed E-state index contributed by atoms with van der Waals surface area (Å²) in [5.41, 5.74) is 2.83. The molecule has 0 bridgehead atoms. The molecular formula is C14H11ClF. The molecule has 0 nitrogen and oxygen atoms in total. The topological polar surface area (TPSA) is 0 Å². The molecule has 0 heterocycles. The molecule has 1 radical (unpaired) electrons. The van der Waals surface area contributed by atoms with Crippen molar-refractivity contribution in [2.45, 2.75) is 6.92 Å². The Kier molecular flexibility index (Phi) is 3.25. The van der Waals surface area contributed by atoms with Crippen LogP contribution in [0.2, 0.25) is 5.02 Å². The van der Waals surface area contributed by atoms with Crippen LogP contribution in [0.1, 0.15) is 16.7 Å². The van der Waals surface area contributed by atoms with E-state index in [-0.39, 0.29) is 5.82 Å². The summed E-state index contributed by atoms with van der Waals surface area (Å²) in [7, 11) is 0. The van der Waals surface area contributed by atoms with Crippen LogP contribution in [0.25, 0.3) is 0 Å². The molecule has 0 N–H and O–H groups in total. The van der Waals surface area contributed by atoms with E-state index in [0.29, 0.717) is 5.02 Å². The maximum atomic E-state index is 12.9. The first-order chi connectivity index (χ1) is 7.66. The Bertz CT molecular complexity index is 506. The van der Waals surface area contributed by atoms with Crippen LogP contribution in [-0.2, 0) is 0 Å². The van der Waals surface area contributed by atoms with Crippen LogP contribution in [0.3, 0.4) is 0 Å². The van der Waals surface area contributed by atoms with E-state index in [1.807, 2.05) is 37.6 Å². The Balaban J connectivity index is 2.31. The Morgan fingerprint density at radius 3 is 2.50 bits per heavy atom. The lowest BCUT2D eigenvalue weighted by molar-refractivity contribution is 0.626. The monoisotopic (exact) mass is 233 g/mol. The predicted molar refractivity (Wildman–Crippen MR) is 65.1 cm³/mol. The molecule has 2 aromatic carbocycles. The number of aryl methyl sites for hydroxylation is 1. The van der Waals surface area contributed by atoms with Crippen molar-refractivity contribution in [2.24, 2.45) is 0 Å². The molecule has 2 rings (SSSR count). The normalized spacial score (nSPS) is 10.4. The van der Waals surface area contributed by atoms with E-state index >= 15 is 0 Å². The second-order valence-corrected chi connectivity index (χ2v) is 4.07. The quantitative estimate of drug-likeness (QED) is 0.722. The van der Waals surface area contributed by atoms with Crippen LogP contribution in [0.4, 0.5) is 4.39 Å². The summed E-state index contributed by atoms with van der Waals surface area (Å²) in [5.74, 6) is -0.214. The zero-order valence-electron chi connectivity index (χ0n) is 8.87. The van der Waals surface area contributed by atoms with Gasteiger partial charge in [-0.3, -0.25) is 0 Å². The molecule has 0 saturated heterocycles. The van der Waals surface area contributed by atoms with Gasteiger partial charge in [-0.1, -0.05) is 35.9 Å². The van der Waals surface area contributed by atoms with Crippen molar-refractivity contribution in [2.75, 3.05) is 0 Å². The highest BCUT2D eigenvalue weighted by molar-refractivity contribution is 6.31. The number of hydrogen-bond acceptors (Lipinski definition) is 0. The average Bonchev–Trinajstić information content (AvgIpc) is 2.25. The van der Waals surface area contributed by atoms with Gasteiger partial charge in [0.25, 0.3) is 0 Å². The number of benzene rings is 2. The van der Waals surface area contributed by atoms with Crippen molar-refractivity contribution in [3.8, 4) is 0 Å². The summed E-state index contributed by atoms with van der Waals surface area (Å²) in [6, 6.07) is 12.3. The zero-order valence-corrected chi connectivity index (χ0v) is 9.63. The SMILES string of the molecule is Cc1cc(F)ccc1[CH]c1ccccc1Cl.